The summed E-state index contributed by atoms with van der Waals surface area (Å²) in [5.74, 6) is 0.915. The van der Waals surface area contributed by atoms with Gasteiger partial charge in [-0.2, -0.15) is 11.3 Å². The van der Waals surface area contributed by atoms with Gasteiger partial charge >= 0.3 is 0 Å². The minimum atomic E-state index is -0.357. The smallest absolute Gasteiger partial charge is 0.225 e. The highest BCUT2D eigenvalue weighted by atomic mass is 127. The van der Waals surface area contributed by atoms with Crippen LogP contribution >= 0.6 is 35.3 Å². The second kappa shape index (κ2) is 10.9. The van der Waals surface area contributed by atoms with Gasteiger partial charge in [0, 0.05) is 32.1 Å². The largest absolute Gasteiger partial charge is 0.357 e. The number of nitrogens with zero attached hydrogens (tertiary/aromatic N) is 2. The van der Waals surface area contributed by atoms with Crippen molar-refractivity contribution in [1.82, 2.24) is 15.5 Å². The molecule has 0 fully saturated rings. The number of aliphatic imine (C=N–C) groups is 1. The van der Waals surface area contributed by atoms with Gasteiger partial charge in [0.1, 0.15) is 0 Å². The first-order valence-electron chi connectivity index (χ1n) is 7.63. The summed E-state index contributed by atoms with van der Waals surface area (Å²) in [5.41, 5.74) is 0.920. The number of guanidine groups is 1. The van der Waals surface area contributed by atoms with Crippen LogP contribution in [0.1, 0.15) is 33.3 Å². The molecule has 0 spiro atoms. The van der Waals surface area contributed by atoms with Gasteiger partial charge < -0.3 is 15.5 Å². The van der Waals surface area contributed by atoms with E-state index >= 15 is 0 Å². The Bertz CT molecular complexity index is 483. The van der Waals surface area contributed by atoms with Gasteiger partial charge in [0.25, 0.3) is 0 Å². The van der Waals surface area contributed by atoms with Crippen LogP contribution in [0.2, 0.25) is 0 Å². The van der Waals surface area contributed by atoms with Crippen molar-refractivity contribution in [2.45, 2.75) is 34.2 Å². The first kappa shape index (κ1) is 22.2. The molecule has 1 amide bonds. The van der Waals surface area contributed by atoms with Crippen molar-refractivity contribution in [3.05, 3.63) is 22.4 Å². The molecule has 1 heterocycles. The number of rotatable bonds is 6. The minimum absolute atomic E-state index is 0. The molecule has 0 saturated carbocycles. The average Bonchev–Trinajstić information content (AvgIpc) is 2.93. The van der Waals surface area contributed by atoms with Crippen molar-refractivity contribution in [3.63, 3.8) is 0 Å². The number of halogens is 1. The summed E-state index contributed by atoms with van der Waals surface area (Å²) in [6.07, 6.45) is 0. The van der Waals surface area contributed by atoms with Crippen LogP contribution in [0, 0.1) is 5.41 Å². The molecule has 1 rings (SSSR count). The molecule has 0 aromatic carbocycles. The van der Waals surface area contributed by atoms with Gasteiger partial charge in [-0.25, -0.2) is 0 Å². The van der Waals surface area contributed by atoms with Gasteiger partial charge in [0.05, 0.1) is 6.54 Å². The summed E-state index contributed by atoms with van der Waals surface area (Å²) in [5, 5.41) is 10.4. The molecule has 0 aliphatic carbocycles. The Balaban J connectivity index is 0.00000484. The Kier molecular flexibility index (Phi) is 10.5. The van der Waals surface area contributed by atoms with Crippen LogP contribution in [0.4, 0.5) is 0 Å². The molecular formula is C16H29IN4OS. The second-order valence-corrected chi connectivity index (χ2v) is 7.01. The average molecular weight is 452 g/mol. The van der Waals surface area contributed by atoms with E-state index in [1.807, 2.05) is 27.8 Å². The number of hydrogen-bond acceptors (Lipinski definition) is 3. The number of hydrogen-bond donors (Lipinski definition) is 2. The number of carbonyl (C=O) groups excluding carboxylic acids is 1. The quantitative estimate of drug-likeness (QED) is 0.302. The Morgan fingerprint density at radius 3 is 2.57 bits per heavy atom. The highest BCUT2D eigenvalue weighted by Crippen LogP contribution is 2.12. The molecule has 5 nitrogen and oxygen atoms in total. The van der Waals surface area contributed by atoms with Gasteiger partial charge in [-0.1, -0.05) is 20.8 Å². The number of thiophene rings is 1. The molecule has 0 radical (unpaired) electrons. The van der Waals surface area contributed by atoms with E-state index in [0.29, 0.717) is 13.1 Å². The van der Waals surface area contributed by atoms with E-state index in [4.69, 9.17) is 0 Å². The predicted molar refractivity (Wildman–Crippen MR) is 110 cm³/mol. The van der Waals surface area contributed by atoms with Crippen LogP contribution in [0.25, 0.3) is 0 Å². The van der Waals surface area contributed by atoms with E-state index in [2.05, 4.69) is 44.3 Å². The summed E-state index contributed by atoms with van der Waals surface area (Å²) in [4.78, 5) is 18.5. The summed E-state index contributed by atoms with van der Waals surface area (Å²) >= 11 is 1.70. The molecule has 0 bridgehead atoms. The van der Waals surface area contributed by atoms with Crippen molar-refractivity contribution >= 4 is 47.2 Å². The van der Waals surface area contributed by atoms with E-state index < -0.39 is 0 Å². The van der Waals surface area contributed by atoms with Crippen molar-refractivity contribution in [2.24, 2.45) is 10.4 Å². The molecule has 1 aromatic rings. The van der Waals surface area contributed by atoms with Crippen molar-refractivity contribution in [3.8, 4) is 0 Å². The fourth-order valence-electron chi connectivity index (χ4n) is 1.80. The Morgan fingerprint density at radius 1 is 1.35 bits per heavy atom. The summed E-state index contributed by atoms with van der Waals surface area (Å²) in [6, 6.07) is 2.12. The molecule has 1 aromatic heterocycles. The third-order valence-electron chi connectivity index (χ3n) is 3.04. The zero-order chi connectivity index (χ0) is 16.6. The lowest BCUT2D eigenvalue weighted by molar-refractivity contribution is -0.128. The molecule has 132 valence electrons. The second-order valence-electron chi connectivity index (χ2n) is 6.23. The molecule has 0 unspecified atom stereocenters. The van der Waals surface area contributed by atoms with E-state index in [1.54, 1.807) is 11.3 Å². The van der Waals surface area contributed by atoms with E-state index in [1.165, 1.54) is 5.56 Å². The zero-order valence-corrected chi connectivity index (χ0v) is 17.8. The van der Waals surface area contributed by atoms with Crippen molar-refractivity contribution in [2.75, 3.05) is 26.7 Å². The van der Waals surface area contributed by atoms with E-state index in [0.717, 1.165) is 19.0 Å². The first-order valence-corrected chi connectivity index (χ1v) is 8.57. The van der Waals surface area contributed by atoms with Crippen LogP contribution < -0.4 is 10.6 Å². The number of amides is 1. The SMILES string of the molecule is CCNC(=NCCNC(=O)C(C)(C)C)N(C)Cc1ccsc1.I. The van der Waals surface area contributed by atoms with Crippen LogP contribution in [0.3, 0.4) is 0 Å². The maximum atomic E-state index is 11.8. The molecule has 0 saturated heterocycles. The van der Waals surface area contributed by atoms with Gasteiger partial charge in [-0.15, -0.1) is 24.0 Å². The molecular weight excluding hydrogens is 423 g/mol. The maximum Gasteiger partial charge on any atom is 0.225 e. The van der Waals surface area contributed by atoms with Gasteiger partial charge in [0.2, 0.25) is 5.91 Å². The molecule has 23 heavy (non-hydrogen) atoms. The van der Waals surface area contributed by atoms with Crippen LogP contribution in [0.5, 0.6) is 0 Å². The van der Waals surface area contributed by atoms with Crippen LogP contribution in [-0.2, 0) is 11.3 Å². The lowest BCUT2D eigenvalue weighted by Gasteiger charge is -2.22. The lowest BCUT2D eigenvalue weighted by Crippen LogP contribution is -2.40. The molecule has 0 aliphatic rings. The standard InChI is InChI=1S/C16H28N4OS.HI/c1-6-17-15(20(5)11-13-7-10-22-12-13)19-9-8-18-14(21)16(2,3)4;/h7,10,12H,6,8-9,11H2,1-5H3,(H,17,19)(H,18,21);1H. The zero-order valence-electron chi connectivity index (χ0n) is 14.7. The monoisotopic (exact) mass is 452 g/mol. The normalized spacial score (nSPS) is 11.6. The lowest BCUT2D eigenvalue weighted by atomic mass is 9.96. The fourth-order valence-corrected chi connectivity index (χ4v) is 2.46. The van der Waals surface area contributed by atoms with Crippen LogP contribution in [-0.4, -0.2) is 43.4 Å². The summed E-state index contributed by atoms with van der Waals surface area (Å²) in [7, 11) is 2.02. The van der Waals surface area contributed by atoms with Gasteiger partial charge in [0.15, 0.2) is 5.96 Å². The maximum absolute atomic E-state index is 11.8. The minimum Gasteiger partial charge on any atom is -0.357 e. The number of nitrogens with one attached hydrogen (secondary N) is 2. The van der Waals surface area contributed by atoms with E-state index in [9.17, 15) is 4.79 Å². The van der Waals surface area contributed by atoms with E-state index in [-0.39, 0.29) is 35.3 Å². The Labute approximate surface area is 161 Å². The summed E-state index contributed by atoms with van der Waals surface area (Å²) < 4.78 is 0. The van der Waals surface area contributed by atoms with Crippen LogP contribution in [0.15, 0.2) is 21.8 Å². The predicted octanol–water partition coefficient (Wildman–Crippen LogP) is 2.93. The third kappa shape index (κ3) is 8.55. The molecule has 2 N–H and O–H groups in total. The Hall–Kier alpha value is -0.830. The fraction of sp³-hybridized carbons (Fsp3) is 0.625. The number of carbonyl (C=O) groups is 1. The summed E-state index contributed by atoms with van der Waals surface area (Å²) in [6.45, 7) is 10.5. The first-order chi connectivity index (χ1) is 10.3. The molecule has 7 heteroatoms. The highest BCUT2D eigenvalue weighted by Gasteiger charge is 2.20. The highest BCUT2D eigenvalue weighted by molar-refractivity contribution is 14.0. The Morgan fingerprint density at radius 2 is 2.04 bits per heavy atom. The molecule has 0 aliphatic heterocycles. The van der Waals surface area contributed by atoms with Gasteiger partial charge in [-0.05, 0) is 29.3 Å². The van der Waals surface area contributed by atoms with Crippen molar-refractivity contribution in [1.29, 1.82) is 0 Å². The topological polar surface area (TPSA) is 56.7 Å². The molecule has 0 atom stereocenters. The van der Waals surface area contributed by atoms with Crippen molar-refractivity contribution < 1.29 is 4.79 Å². The van der Waals surface area contributed by atoms with Gasteiger partial charge in [-0.3, -0.25) is 9.79 Å². The third-order valence-corrected chi connectivity index (χ3v) is 3.77.